The lowest BCUT2D eigenvalue weighted by Gasteiger charge is -2.19. The van der Waals surface area contributed by atoms with Crippen LogP contribution in [0.15, 0.2) is 79.3 Å². The Bertz CT molecular complexity index is 1060. The van der Waals surface area contributed by atoms with Crippen LogP contribution >= 0.6 is 15.9 Å². The van der Waals surface area contributed by atoms with Crippen molar-refractivity contribution in [2.24, 2.45) is 0 Å². The molecule has 0 bridgehead atoms. The number of nitro groups is 1. The van der Waals surface area contributed by atoms with Gasteiger partial charge in [0.25, 0.3) is 17.5 Å². The molecule has 31 heavy (non-hydrogen) atoms. The van der Waals surface area contributed by atoms with Gasteiger partial charge in [0.1, 0.15) is 11.4 Å². The topological polar surface area (TPSA) is 102 Å². The highest BCUT2D eigenvalue weighted by molar-refractivity contribution is 9.15. The normalized spacial score (nSPS) is 11.5. The summed E-state index contributed by atoms with van der Waals surface area (Å²) in [7, 11) is 1.49. The summed E-state index contributed by atoms with van der Waals surface area (Å²) >= 11 is 3.41. The monoisotopic (exact) mass is 485 g/mol. The number of carbonyl (C=O) groups is 2. The summed E-state index contributed by atoms with van der Waals surface area (Å²) in [5, 5.41) is 13.4. The zero-order valence-electron chi connectivity index (χ0n) is 16.9. The van der Waals surface area contributed by atoms with Gasteiger partial charge < -0.3 is 10.1 Å². The highest BCUT2D eigenvalue weighted by Crippen LogP contribution is 2.32. The van der Waals surface area contributed by atoms with E-state index in [0.29, 0.717) is 15.8 Å². The van der Waals surface area contributed by atoms with Crippen LogP contribution in [-0.4, -0.2) is 28.7 Å². The number of nitro benzene ring substituents is 1. The molecule has 0 fully saturated rings. The second kappa shape index (κ2) is 10.9. The first-order chi connectivity index (χ1) is 14.8. The third kappa shape index (κ3) is 5.67. The van der Waals surface area contributed by atoms with Gasteiger partial charge in [-0.25, -0.2) is 0 Å². The number of ether oxygens (including phenoxy) is 1. The van der Waals surface area contributed by atoms with Crippen molar-refractivity contribution in [1.82, 2.24) is 10.2 Å². The molecule has 2 aromatic carbocycles. The summed E-state index contributed by atoms with van der Waals surface area (Å²) in [6.45, 7) is 5.36. The lowest BCUT2D eigenvalue weighted by Crippen LogP contribution is -2.34. The van der Waals surface area contributed by atoms with Crippen LogP contribution < -0.4 is 10.1 Å². The number of nitrogens with one attached hydrogen (secondary N) is 1. The van der Waals surface area contributed by atoms with Crippen LogP contribution in [0.25, 0.3) is 4.48 Å². The number of hydrogen-bond donors (Lipinski definition) is 1. The third-order valence-corrected chi connectivity index (χ3v) is 4.92. The predicted octanol–water partition coefficient (Wildman–Crippen LogP) is 4.60. The van der Waals surface area contributed by atoms with Gasteiger partial charge in [0, 0.05) is 35.7 Å². The molecule has 0 saturated carbocycles. The number of hydrogen-bond acceptors (Lipinski definition) is 5. The Balaban J connectivity index is 2.53. The molecule has 0 radical (unpaired) electrons. The van der Waals surface area contributed by atoms with E-state index in [0.717, 1.165) is 0 Å². The molecule has 9 heteroatoms. The van der Waals surface area contributed by atoms with Crippen molar-refractivity contribution in [2.45, 2.75) is 6.92 Å². The maximum atomic E-state index is 13.2. The summed E-state index contributed by atoms with van der Waals surface area (Å²) in [5.74, 6) is -0.684. The Labute approximate surface area is 187 Å². The van der Waals surface area contributed by atoms with Gasteiger partial charge in [0.05, 0.1) is 16.5 Å². The van der Waals surface area contributed by atoms with Crippen LogP contribution in [0, 0.1) is 10.1 Å². The van der Waals surface area contributed by atoms with E-state index in [1.54, 1.807) is 37.3 Å². The number of amides is 2. The maximum Gasteiger partial charge on any atom is 0.279 e. The highest BCUT2D eigenvalue weighted by Gasteiger charge is 2.23. The Hall–Kier alpha value is -3.72. The minimum Gasteiger partial charge on any atom is -0.496 e. The Morgan fingerprint density at radius 2 is 1.84 bits per heavy atom. The number of non-ortho nitro benzene ring substituents is 1. The van der Waals surface area contributed by atoms with Crippen LogP contribution in [0.3, 0.4) is 0 Å². The molecule has 1 N–H and O–H groups in total. The molecule has 2 amide bonds. The van der Waals surface area contributed by atoms with Crippen molar-refractivity contribution >= 4 is 37.9 Å². The van der Waals surface area contributed by atoms with Crippen molar-refractivity contribution in [1.29, 1.82) is 0 Å². The summed E-state index contributed by atoms with van der Waals surface area (Å²) < 4.78 is 5.65. The zero-order chi connectivity index (χ0) is 23.0. The molecule has 0 heterocycles. The average molecular weight is 486 g/mol. The Morgan fingerprint density at radius 3 is 2.39 bits per heavy atom. The molecule has 0 aliphatic carbocycles. The van der Waals surface area contributed by atoms with Crippen LogP contribution in [0.4, 0.5) is 5.69 Å². The van der Waals surface area contributed by atoms with Crippen molar-refractivity contribution in [3.05, 3.63) is 101 Å². The fourth-order valence-electron chi connectivity index (χ4n) is 2.58. The number of nitrogens with zero attached hydrogens (tertiary/aromatic N) is 2. The molecule has 160 valence electrons. The van der Waals surface area contributed by atoms with Gasteiger partial charge in [-0.15, -0.1) is 0 Å². The lowest BCUT2D eigenvalue weighted by atomic mass is 10.1. The van der Waals surface area contributed by atoms with Gasteiger partial charge in [-0.3, -0.25) is 24.6 Å². The number of allylic oxidation sites excluding steroid dienone is 1. The van der Waals surface area contributed by atoms with Gasteiger partial charge in [-0.2, -0.15) is 0 Å². The molecule has 0 unspecified atom stereocenters. The van der Waals surface area contributed by atoms with E-state index < -0.39 is 16.7 Å². The first-order valence-electron chi connectivity index (χ1n) is 9.01. The van der Waals surface area contributed by atoms with E-state index in [-0.39, 0.29) is 16.9 Å². The molecule has 0 aromatic heterocycles. The second-order valence-corrected chi connectivity index (χ2v) is 6.82. The first kappa shape index (κ1) is 23.6. The summed E-state index contributed by atoms with van der Waals surface area (Å²) in [4.78, 5) is 37.5. The molecule has 8 nitrogen and oxygen atoms in total. The number of benzene rings is 2. The minimum absolute atomic E-state index is 0.0640. The number of methoxy groups -OCH3 is 1. The smallest absolute Gasteiger partial charge is 0.279 e. The van der Waals surface area contributed by atoms with Gasteiger partial charge in [0.2, 0.25) is 0 Å². The maximum absolute atomic E-state index is 13.2. The highest BCUT2D eigenvalue weighted by atomic mass is 79.9. The molecule has 2 aromatic rings. The summed E-state index contributed by atoms with van der Waals surface area (Å²) in [5.41, 5.74) is 0.476. The Kier molecular flexibility index (Phi) is 8.27. The number of halogens is 1. The molecule has 2 rings (SSSR count). The molecule has 0 atom stereocenters. The fourth-order valence-corrected chi connectivity index (χ4v) is 3.18. The van der Waals surface area contributed by atoms with E-state index in [2.05, 4.69) is 27.8 Å². The van der Waals surface area contributed by atoms with Gasteiger partial charge in [0.15, 0.2) is 0 Å². The largest absolute Gasteiger partial charge is 0.496 e. The van der Waals surface area contributed by atoms with E-state index in [9.17, 15) is 19.7 Å². The standard InChI is InChI=1S/C22H20BrN3O5/c1-4-14-25(5-2)22(28)20(19(23)17-8-6-7-9-18(17)31-3)24-21(27)15-10-12-16(13-11-15)26(29)30/h4-14H,2H2,1,3H3,(H,24,27)/b14-4-,20-19+. The van der Waals surface area contributed by atoms with Crippen molar-refractivity contribution in [3.8, 4) is 5.75 Å². The average Bonchev–Trinajstić information content (AvgIpc) is 2.79. The summed E-state index contributed by atoms with van der Waals surface area (Å²) in [6.07, 6.45) is 4.45. The zero-order valence-corrected chi connectivity index (χ0v) is 18.5. The van der Waals surface area contributed by atoms with Crippen molar-refractivity contribution in [2.75, 3.05) is 7.11 Å². The second-order valence-electron chi connectivity index (χ2n) is 6.02. The lowest BCUT2D eigenvalue weighted by molar-refractivity contribution is -0.384. The number of rotatable bonds is 8. The van der Waals surface area contributed by atoms with E-state index in [1.165, 1.54) is 48.7 Å². The molecule has 0 saturated heterocycles. The van der Waals surface area contributed by atoms with E-state index in [1.807, 2.05) is 0 Å². The number of carbonyl (C=O) groups excluding carboxylic acids is 2. The molecular weight excluding hydrogens is 466 g/mol. The van der Waals surface area contributed by atoms with Crippen molar-refractivity contribution < 1.29 is 19.2 Å². The molecule has 0 aliphatic heterocycles. The van der Waals surface area contributed by atoms with Crippen LogP contribution in [0.5, 0.6) is 5.75 Å². The van der Waals surface area contributed by atoms with Gasteiger partial charge >= 0.3 is 0 Å². The SMILES string of the molecule is C=CN(/C=C\C)C(=O)/C(NC(=O)c1ccc([N+](=O)[O-])cc1)=C(\Br)c1ccccc1OC. The number of para-hydroxylation sites is 1. The van der Waals surface area contributed by atoms with E-state index in [4.69, 9.17) is 4.74 Å². The van der Waals surface area contributed by atoms with Crippen molar-refractivity contribution in [3.63, 3.8) is 0 Å². The minimum atomic E-state index is -0.616. The van der Waals surface area contributed by atoms with E-state index >= 15 is 0 Å². The fraction of sp³-hybridized carbons (Fsp3) is 0.0909. The van der Waals surface area contributed by atoms with Crippen LogP contribution in [-0.2, 0) is 4.79 Å². The first-order valence-corrected chi connectivity index (χ1v) is 9.80. The van der Waals surface area contributed by atoms with Gasteiger partial charge in [-0.1, -0.05) is 30.9 Å². The molecular formula is C22H20BrN3O5. The quantitative estimate of drug-likeness (QED) is 0.334. The van der Waals surface area contributed by atoms with Gasteiger partial charge in [-0.05, 0) is 41.1 Å². The van der Waals surface area contributed by atoms with Crippen LogP contribution in [0.2, 0.25) is 0 Å². The molecule has 0 spiro atoms. The summed E-state index contributed by atoms with van der Waals surface area (Å²) in [6, 6.07) is 12.0. The van der Waals surface area contributed by atoms with Crippen LogP contribution in [0.1, 0.15) is 22.8 Å². The molecule has 0 aliphatic rings. The Morgan fingerprint density at radius 1 is 1.19 bits per heavy atom. The third-order valence-electron chi connectivity index (χ3n) is 4.10. The predicted molar refractivity (Wildman–Crippen MR) is 121 cm³/mol.